The predicted octanol–water partition coefficient (Wildman–Crippen LogP) is 3.24. The van der Waals surface area contributed by atoms with E-state index >= 15 is 0 Å². The van der Waals surface area contributed by atoms with Crippen molar-refractivity contribution in [1.82, 2.24) is 5.32 Å². The van der Waals surface area contributed by atoms with E-state index < -0.39 is 0 Å². The zero-order valence-electron chi connectivity index (χ0n) is 8.94. The van der Waals surface area contributed by atoms with Gasteiger partial charge >= 0.3 is 0 Å². The van der Waals surface area contributed by atoms with Crippen LogP contribution in [0, 0.1) is 13.8 Å². The third-order valence-corrected chi connectivity index (χ3v) is 2.85. The van der Waals surface area contributed by atoms with Crippen LogP contribution in [-0.4, -0.2) is 0 Å². The van der Waals surface area contributed by atoms with Crippen LogP contribution in [0.3, 0.4) is 0 Å². The summed E-state index contributed by atoms with van der Waals surface area (Å²) in [5, 5.41) is 3.18. The van der Waals surface area contributed by atoms with Crippen molar-refractivity contribution in [3.63, 3.8) is 0 Å². The Morgan fingerprint density at radius 2 is 1.57 bits per heavy atom. The van der Waals surface area contributed by atoms with E-state index in [1.807, 2.05) is 6.20 Å². The maximum Gasteiger partial charge on any atom is 0.0386 e. The smallest absolute Gasteiger partial charge is 0.0386 e. The van der Waals surface area contributed by atoms with E-state index in [1.54, 1.807) is 0 Å². The maximum atomic E-state index is 4.01. The largest absolute Gasteiger partial charge is 0.361 e. The van der Waals surface area contributed by atoms with Gasteiger partial charge in [0.1, 0.15) is 0 Å². The molecule has 1 N–H and O–H groups in total. The Bertz CT molecular complexity index is 439. The minimum atomic E-state index is 0.994. The first-order valence-electron chi connectivity index (χ1n) is 4.84. The van der Waals surface area contributed by atoms with E-state index in [0.29, 0.717) is 0 Å². The van der Waals surface area contributed by atoms with Gasteiger partial charge in [-0.2, -0.15) is 0 Å². The number of allylic oxidation sites excluding steroid dienone is 1. The van der Waals surface area contributed by atoms with E-state index in [0.717, 1.165) is 5.70 Å². The van der Waals surface area contributed by atoms with Gasteiger partial charge in [-0.05, 0) is 49.1 Å². The van der Waals surface area contributed by atoms with Crippen molar-refractivity contribution in [3.8, 4) is 0 Å². The molecule has 2 rings (SSSR count). The SMILES string of the molecule is C=C1NC=C(C)c2cc(C)c(C)cc21. The molecule has 72 valence electrons. The molecule has 1 heterocycles. The summed E-state index contributed by atoms with van der Waals surface area (Å²) in [6.45, 7) is 10.4. The molecule has 0 atom stereocenters. The normalized spacial score (nSPS) is 14.5. The fourth-order valence-electron chi connectivity index (χ4n) is 1.74. The summed E-state index contributed by atoms with van der Waals surface area (Å²) in [5.74, 6) is 0. The topological polar surface area (TPSA) is 12.0 Å². The van der Waals surface area contributed by atoms with E-state index in [1.165, 1.54) is 27.8 Å². The van der Waals surface area contributed by atoms with E-state index in [9.17, 15) is 0 Å². The predicted molar refractivity (Wildman–Crippen MR) is 61.7 cm³/mol. The lowest BCUT2D eigenvalue weighted by molar-refractivity contribution is 1.17. The second kappa shape index (κ2) is 3.02. The first-order chi connectivity index (χ1) is 6.59. The minimum Gasteiger partial charge on any atom is -0.361 e. The molecule has 0 spiro atoms. The van der Waals surface area contributed by atoms with Crippen LogP contribution in [0.4, 0.5) is 0 Å². The molecule has 0 radical (unpaired) electrons. The standard InChI is InChI=1S/C13H15N/c1-8-5-12-10(3)7-14-11(4)13(12)6-9(8)2/h5-7,14H,4H2,1-3H3. The Morgan fingerprint density at radius 1 is 1.00 bits per heavy atom. The highest BCUT2D eigenvalue weighted by Gasteiger charge is 2.13. The zero-order valence-corrected chi connectivity index (χ0v) is 8.94. The van der Waals surface area contributed by atoms with Crippen LogP contribution in [0.1, 0.15) is 29.2 Å². The van der Waals surface area contributed by atoms with Crippen molar-refractivity contribution in [3.05, 3.63) is 47.2 Å². The molecule has 0 aliphatic carbocycles. The van der Waals surface area contributed by atoms with Crippen molar-refractivity contribution >= 4 is 11.3 Å². The second-order valence-electron chi connectivity index (χ2n) is 3.93. The van der Waals surface area contributed by atoms with Gasteiger partial charge in [0.25, 0.3) is 0 Å². The fraction of sp³-hybridized carbons (Fsp3) is 0.231. The Labute approximate surface area is 85.2 Å². The molecule has 0 fully saturated rings. The lowest BCUT2D eigenvalue weighted by atomic mass is 9.92. The molecule has 14 heavy (non-hydrogen) atoms. The average Bonchev–Trinajstić information content (AvgIpc) is 2.15. The van der Waals surface area contributed by atoms with Gasteiger partial charge in [-0.25, -0.2) is 0 Å². The average molecular weight is 185 g/mol. The summed E-state index contributed by atoms with van der Waals surface area (Å²) in [4.78, 5) is 0. The lowest BCUT2D eigenvalue weighted by Crippen LogP contribution is -2.11. The van der Waals surface area contributed by atoms with Crippen LogP contribution < -0.4 is 5.32 Å². The van der Waals surface area contributed by atoms with Gasteiger partial charge in [-0.1, -0.05) is 12.6 Å². The number of fused-ring (bicyclic) bond motifs is 1. The molecular formula is C13H15N. The molecule has 0 bridgehead atoms. The zero-order chi connectivity index (χ0) is 10.3. The van der Waals surface area contributed by atoms with Crippen molar-refractivity contribution in [1.29, 1.82) is 0 Å². The molecule has 1 heteroatoms. The maximum absolute atomic E-state index is 4.01. The number of hydrogen-bond donors (Lipinski definition) is 1. The summed E-state index contributed by atoms with van der Waals surface area (Å²) in [5.41, 5.74) is 7.46. The lowest BCUT2D eigenvalue weighted by Gasteiger charge is -2.20. The number of rotatable bonds is 0. The van der Waals surface area contributed by atoms with Crippen LogP contribution in [-0.2, 0) is 0 Å². The van der Waals surface area contributed by atoms with Crippen LogP contribution in [0.2, 0.25) is 0 Å². The summed E-state index contributed by atoms with van der Waals surface area (Å²) < 4.78 is 0. The summed E-state index contributed by atoms with van der Waals surface area (Å²) in [6, 6.07) is 4.44. The molecule has 0 amide bonds. The Kier molecular flexibility index (Phi) is 1.95. The van der Waals surface area contributed by atoms with E-state index in [2.05, 4.69) is 44.8 Å². The van der Waals surface area contributed by atoms with Crippen LogP contribution in [0.25, 0.3) is 11.3 Å². The molecule has 1 aliphatic heterocycles. The molecule has 0 unspecified atom stereocenters. The summed E-state index contributed by atoms with van der Waals surface area (Å²) >= 11 is 0. The highest BCUT2D eigenvalue weighted by atomic mass is 14.9. The van der Waals surface area contributed by atoms with Crippen molar-refractivity contribution in [2.75, 3.05) is 0 Å². The van der Waals surface area contributed by atoms with Gasteiger partial charge in [0.05, 0.1) is 0 Å². The van der Waals surface area contributed by atoms with Gasteiger partial charge in [0.15, 0.2) is 0 Å². The number of aryl methyl sites for hydroxylation is 2. The molecule has 0 saturated heterocycles. The molecule has 1 aliphatic rings. The van der Waals surface area contributed by atoms with Gasteiger partial charge < -0.3 is 5.32 Å². The van der Waals surface area contributed by atoms with Crippen LogP contribution in [0.5, 0.6) is 0 Å². The number of nitrogens with one attached hydrogen (secondary N) is 1. The fourth-order valence-corrected chi connectivity index (χ4v) is 1.74. The van der Waals surface area contributed by atoms with Crippen molar-refractivity contribution < 1.29 is 0 Å². The third kappa shape index (κ3) is 1.25. The molecule has 0 saturated carbocycles. The van der Waals surface area contributed by atoms with E-state index in [-0.39, 0.29) is 0 Å². The number of hydrogen-bond acceptors (Lipinski definition) is 1. The van der Waals surface area contributed by atoms with Gasteiger partial charge in [0, 0.05) is 17.5 Å². The Balaban J connectivity index is 2.71. The highest BCUT2D eigenvalue weighted by Crippen LogP contribution is 2.29. The minimum absolute atomic E-state index is 0.994. The second-order valence-corrected chi connectivity index (χ2v) is 3.93. The molecule has 1 aromatic carbocycles. The molecule has 1 nitrogen and oxygen atoms in total. The first kappa shape index (κ1) is 9.07. The van der Waals surface area contributed by atoms with E-state index in [4.69, 9.17) is 0 Å². The van der Waals surface area contributed by atoms with Gasteiger partial charge in [0.2, 0.25) is 0 Å². The first-order valence-corrected chi connectivity index (χ1v) is 4.84. The number of benzene rings is 1. The summed E-state index contributed by atoms with van der Waals surface area (Å²) in [6.07, 6.45) is 2.01. The van der Waals surface area contributed by atoms with Crippen LogP contribution >= 0.6 is 0 Å². The highest BCUT2D eigenvalue weighted by molar-refractivity contribution is 5.82. The molecule has 0 aromatic heterocycles. The quantitative estimate of drug-likeness (QED) is 0.654. The van der Waals surface area contributed by atoms with Gasteiger partial charge in [-0.3, -0.25) is 0 Å². The third-order valence-electron chi connectivity index (χ3n) is 2.85. The van der Waals surface area contributed by atoms with Crippen LogP contribution in [0.15, 0.2) is 24.9 Å². The summed E-state index contributed by atoms with van der Waals surface area (Å²) in [7, 11) is 0. The Hall–Kier alpha value is -1.50. The van der Waals surface area contributed by atoms with Gasteiger partial charge in [-0.15, -0.1) is 0 Å². The molecular weight excluding hydrogens is 170 g/mol. The van der Waals surface area contributed by atoms with Crippen molar-refractivity contribution in [2.24, 2.45) is 0 Å². The monoisotopic (exact) mass is 185 g/mol. The molecule has 1 aromatic rings. The van der Waals surface area contributed by atoms with Crippen molar-refractivity contribution in [2.45, 2.75) is 20.8 Å². The Morgan fingerprint density at radius 3 is 2.21 bits per heavy atom.